The van der Waals surface area contributed by atoms with E-state index in [1.54, 1.807) is 7.05 Å². The van der Waals surface area contributed by atoms with Crippen LogP contribution in [0.25, 0.3) is 0 Å². The maximum absolute atomic E-state index is 11.8. The molecule has 94 valence electrons. The van der Waals surface area contributed by atoms with Crippen LogP contribution in [0, 0.1) is 11.1 Å². The summed E-state index contributed by atoms with van der Waals surface area (Å²) in [5.41, 5.74) is 5.47. The lowest BCUT2D eigenvalue weighted by atomic mass is 10.1. The normalized spacial score (nSPS) is 17.4. The van der Waals surface area contributed by atoms with E-state index in [1.165, 1.54) is 6.34 Å². The second-order valence-corrected chi connectivity index (χ2v) is 4.24. The van der Waals surface area contributed by atoms with Crippen molar-refractivity contribution in [2.24, 2.45) is 21.6 Å². The van der Waals surface area contributed by atoms with Gasteiger partial charge in [0.25, 0.3) is 0 Å². The average molecular weight is 229 g/mol. The van der Waals surface area contributed by atoms with E-state index in [-0.39, 0.29) is 23.7 Å². The fourth-order valence-corrected chi connectivity index (χ4v) is 1.56. The quantitative estimate of drug-likeness (QED) is 0.263. The number of rotatable bonds is 6. The van der Waals surface area contributed by atoms with Crippen LogP contribution in [0.5, 0.6) is 0 Å². The van der Waals surface area contributed by atoms with E-state index in [0.29, 0.717) is 5.84 Å². The van der Waals surface area contributed by atoms with Gasteiger partial charge >= 0.3 is 0 Å². The molecule has 0 aliphatic rings. The predicted octanol–water partition coefficient (Wildman–Crippen LogP) is -1.07. The number of hydrogen-bond donors (Lipinski definition) is 2. The van der Waals surface area contributed by atoms with Crippen LogP contribution in [-0.2, 0) is 0 Å². The van der Waals surface area contributed by atoms with Gasteiger partial charge in [0.05, 0.1) is 0 Å². The molecule has 0 rings (SSSR count). The predicted molar refractivity (Wildman–Crippen MR) is 67.5 cm³/mol. The summed E-state index contributed by atoms with van der Waals surface area (Å²) in [6.45, 7) is 4.30. The number of hydroxylamine groups is 2. The summed E-state index contributed by atoms with van der Waals surface area (Å²) >= 11 is 0. The Bertz CT molecular complexity index is 242. The average Bonchev–Trinajstić information content (AvgIpc) is 2.16. The Labute approximate surface area is 97.4 Å². The maximum atomic E-state index is 11.8. The molecule has 0 bridgehead atoms. The second-order valence-electron chi connectivity index (χ2n) is 4.24. The van der Waals surface area contributed by atoms with E-state index in [0.717, 1.165) is 0 Å². The molecule has 0 spiro atoms. The first kappa shape index (κ1) is 15.0. The first-order valence-electron chi connectivity index (χ1n) is 5.31. The van der Waals surface area contributed by atoms with Crippen molar-refractivity contribution in [3.05, 3.63) is 5.21 Å². The van der Waals surface area contributed by atoms with Gasteiger partial charge in [-0.3, -0.25) is 9.89 Å². The number of amidine groups is 1. The lowest BCUT2D eigenvalue weighted by molar-refractivity contribution is -0.793. The molecule has 0 aliphatic heterocycles. The summed E-state index contributed by atoms with van der Waals surface area (Å²) in [6.07, 6.45) is 1.21. The number of hydrogen-bond acceptors (Lipinski definition) is 4. The van der Waals surface area contributed by atoms with Crippen LogP contribution >= 0.6 is 0 Å². The first-order chi connectivity index (χ1) is 7.40. The van der Waals surface area contributed by atoms with Gasteiger partial charge < -0.3 is 16.0 Å². The molecule has 16 heavy (non-hydrogen) atoms. The molecule has 6 nitrogen and oxygen atoms in total. The monoisotopic (exact) mass is 229 g/mol. The molecule has 0 amide bonds. The van der Waals surface area contributed by atoms with Gasteiger partial charge in [0.2, 0.25) is 0 Å². The Morgan fingerprint density at radius 3 is 2.44 bits per heavy atom. The van der Waals surface area contributed by atoms with Crippen molar-refractivity contribution in [2.75, 3.05) is 27.7 Å². The number of aliphatic imine (C=N–C) groups is 2. The molecule has 3 N–H and O–H groups in total. The van der Waals surface area contributed by atoms with E-state index in [2.05, 4.69) is 9.98 Å². The fourth-order valence-electron chi connectivity index (χ4n) is 1.56. The van der Waals surface area contributed by atoms with E-state index in [4.69, 9.17) is 5.73 Å². The Hall–Kier alpha value is -0.980. The smallest absolute Gasteiger partial charge is 0.185 e. The van der Waals surface area contributed by atoms with Gasteiger partial charge in [-0.2, -0.15) is 0 Å². The molecule has 1 unspecified atom stereocenters. The topological polar surface area (TPSA) is 81.5 Å². The van der Waals surface area contributed by atoms with Crippen molar-refractivity contribution in [3.63, 3.8) is 0 Å². The van der Waals surface area contributed by atoms with Crippen LogP contribution in [0.1, 0.15) is 13.8 Å². The molecular formula is C10H23N5O. The summed E-state index contributed by atoms with van der Waals surface area (Å²) in [7, 11) is 5.37. The Balaban J connectivity index is 4.36. The van der Waals surface area contributed by atoms with Gasteiger partial charge in [0.15, 0.2) is 12.5 Å². The highest BCUT2D eigenvalue weighted by molar-refractivity contribution is 5.83. The standard InChI is InChI=1S/C10H23N5O/c1-8(2)10(14(4)5)15(16)7-13-6-9(11)12-3/h7-8,10,15H,6H2,1-5H3,(H2,11,12)/t10-/m1/s1. The zero-order valence-electron chi connectivity index (χ0n) is 10.8. The van der Waals surface area contributed by atoms with Crippen LogP contribution in [0.15, 0.2) is 9.98 Å². The molecule has 0 heterocycles. The Morgan fingerprint density at radius 1 is 1.50 bits per heavy atom. The van der Waals surface area contributed by atoms with Gasteiger partial charge in [-0.1, -0.05) is 13.8 Å². The van der Waals surface area contributed by atoms with Crippen LogP contribution < -0.4 is 10.8 Å². The molecule has 0 aliphatic carbocycles. The van der Waals surface area contributed by atoms with Crippen molar-refractivity contribution >= 4 is 12.2 Å². The third-order valence-corrected chi connectivity index (χ3v) is 2.24. The van der Waals surface area contributed by atoms with E-state index >= 15 is 0 Å². The molecule has 0 aromatic heterocycles. The van der Waals surface area contributed by atoms with Crippen LogP contribution in [-0.4, -0.2) is 50.9 Å². The van der Waals surface area contributed by atoms with Crippen molar-refractivity contribution in [1.29, 1.82) is 0 Å². The van der Waals surface area contributed by atoms with Crippen molar-refractivity contribution in [3.8, 4) is 0 Å². The lowest BCUT2D eigenvalue weighted by Crippen LogP contribution is -3.13. The fraction of sp³-hybridized carbons (Fsp3) is 0.800. The highest BCUT2D eigenvalue weighted by Crippen LogP contribution is 1.99. The highest BCUT2D eigenvalue weighted by Gasteiger charge is 2.21. The summed E-state index contributed by atoms with van der Waals surface area (Å²) in [5.74, 6) is 0.682. The minimum absolute atomic E-state index is 0.00361. The Morgan fingerprint density at radius 2 is 2.06 bits per heavy atom. The molecule has 0 radical (unpaired) electrons. The van der Waals surface area contributed by atoms with Crippen LogP contribution in [0.4, 0.5) is 0 Å². The largest absolute Gasteiger partial charge is 0.627 e. The third kappa shape index (κ3) is 5.20. The first-order valence-corrected chi connectivity index (χ1v) is 5.31. The summed E-state index contributed by atoms with van der Waals surface area (Å²) in [4.78, 5) is 9.63. The van der Waals surface area contributed by atoms with Crippen molar-refractivity contribution < 1.29 is 5.06 Å². The van der Waals surface area contributed by atoms with Crippen molar-refractivity contribution in [2.45, 2.75) is 20.0 Å². The molecule has 0 aromatic rings. The summed E-state index contributed by atoms with van der Waals surface area (Å²) in [5, 5.41) is 11.8. The Kier molecular flexibility index (Phi) is 6.87. The third-order valence-electron chi connectivity index (χ3n) is 2.24. The minimum atomic E-state index is -0.136. The molecule has 0 aromatic carbocycles. The number of nitrogens with zero attached hydrogens (tertiary/aromatic N) is 3. The molecule has 2 atom stereocenters. The van der Waals surface area contributed by atoms with Gasteiger partial charge in [-0.15, -0.1) is 0 Å². The van der Waals surface area contributed by atoms with Gasteiger partial charge in [0.1, 0.15) is 12.4 Å². The molecule has 6 heteroatoms. The second kappa shape index (κ2) is 7.32. The van der Waals surface area contributed by atoms with Crippen LogP contribution in [0.2, 0.25) is 0 Å². The van der Waals surface area contributed by atoms with Crippen LogP contribution in [0.3, 0.4) is 0 Å². The van der Waals surface area contributed by atoms with E-state index < -0.39 is 0 Å². The summed E-state index contributed by atoms with van der Waals surface area (Å²) in [6, 6.07) is 0. The highest BCUT2D eigenvalue weighted by atomic mass is 16.5. The molecular weight excluding hydrogens is 206 g/mol. The number of nitrogens with two attached hydrogens (primary N) is 1. The lowest BCUT2D eigenvalue weighted by Gasteiger charge is -2.34. The van der Waals surface area contributed by atoms with Gasteiger partial charge in [0, 0.05) is 13.0 Å². The molecule has 0 fully saturated rings. The van der Waals surface area contributed by atoms with Crippen molar-refractivity contribution in [1.82, 2.24) is 4.90 Å². The minimum Gasteiger partial charge on any atom is -0.627 e. The van der Waals surface area contributed by atoms with E-state index in [9.17, 15) is 5.21 Å². The zero-order valence-corrected chi connectivity index (χ0v) is 10.8. The number of nitrogens with one attached hydrogen (secondary N) is 1. The molecule has 0 saturated carbocycles. The van der Waals surface area contributed by atoms with Gasteiger partial charge in [-0.25, -0.2) is 4.99 Å². The van der Waals surface area contributed by atoms with E-state index in [1.807, 2.05) is 32.8 Å². The summed E-state index contributed by atoms with van der Waals surface area (Å²) < 4.78 is 0. The molecule has 0 saturated heterocycles. The van der Waals surface area contributed by atoms with Gasteiger partial charge in [-0.05, 0) is 14.1 Å². The maximum Gasteiger partial charge on any atom is 0.185 e. The SMILES string of the molecule is CN=C(N)CN=C[NH+]([O-])[C@H](C(C)C)N(C)C. The zero-order chi connectivity index (χ0) is 12.7. The number of quaternary nitrogens is 1.